The van der Waals surface area contributed by atoms with Crippen molar-refractivity contribution in [3.05, 3.63) is 23.8 Å². The quantitative estimate of drug-likeness (QED) is 0.541. The van der Waals surface area contributed by atoms with Gasteiger partial charge in [0.15, 0.2) is 0 Å². The van der Waals surface area contributed by atoms with Crippen LogP contribution in [0, 0.1) is 6.92 Å². The van der Waals surface area contributed by atoms with E-state index < -0.39 is 0 Å². The Bertz CT molecular complexity index is 702. The van der Waals surface area contributed by atoms with E-state index in [0.717, 1.165) is 64.6 Å². The average Bonchev–Trinajstić information content (AvgIpc) is 2.82. The van der Waals surface area contributed by atoms with Crippen LogP contribution < -0.4 is 5.32 Å². The van der Waals surface area contributed by atoms with E-state index in [2.05, 4.69) is 25.1 Å². The van der Waals surface area contributed by atoms with E-state index >= 15 is 0 Å². The molecule has 2 saturated heterocycles. The van der Waals surface area contributed by atoms with E-state index in [1.54, 1.807) is 11.1 Å². The van der Waals surface area contributed by atoms with Crippen molar-refractivity contribution in [3.8, 4) is 0 Å². The Morgan fingerprint density at radius 3 is 2.47 bits per heavy atom. The Morgan fingerprint density at radius 2 is 1.75 bits per heavy atom. The van der Waals surface area contributed by atoms with Gasteiger partial charge in [-0.1, -0.05) is 6.42 Å². The molecule has 0 unspecified atom stereocenters. The predicted molar refractivity (Wildman–Crippen MR) is 122 cm³/mol. The number of aryl methyl sites for hydroxylation is 1. The highest BCUT2D eigenvalue weighted by atomic mass is 16.5. The van der Waals surface area contributed by atoms with Gasteiger partial charge in [0.25, 0.3) is 5.91 Å². The normalized spacial score (nSPS) is 17.8. The van der Waals surface area contributed by atoms with Crippen molar-refractivity contribution in [2.24, 2.45) is 0 Å². The van der Waals surface area contributed by atoms with Gasteiger partial charge in [0.05, 0.1) is 25.1 Å². The summed E-state index contributed by atoms with van der Waals surface area (Å²) in [6, 6.07) is 0. The second kappa shape index (κ2) is 13.4. The van der Waals surface area contributed by atoms with E-state index in [0.29, 0.717) is 31.7 Å². The van der Waals surface area contributed by atoms with Crippen molar-refractivity contribution in [1.29, 1.82) is 0 Å². The first-order valence-electron chi connectivity index (χ1n) is 12.0. The van der Waals surface area contributed by atoms with Gasteiger partial charge < -0.3 is 19.9 Å². The molecule has 2 amide bonds. The van der Waals surface area contributed by atoms with Gasteiger partial charge in [-0.05, 0) is 39.3 Å². The van der Waals surface area contributed by atoms with Gasteiger partial charge in [-0.15, -0.1) is 0 Å². The maximum atomic E-state index is 13.0. The summed E-state index contributed by atoms with van der Waals surface area (Å²) in [5.74, 6) is -0.177. The van der Waals surface area contributed by atoms with Crippen molar-refractivity contribution >= 4 is 11.8 Å². The number of morpholine rings is 1. The van der Waals surface area contributed by atoms with Crippen LogP contribution in [0.25, 0.3) is 0 Å². The molecule has 2 aliphatic rings. The molecule has 3 rings (SSSR count). The Morgan fingerprint density at radius 1 is 1.00 bits per heavy atom. The largest absolute Gasteiger partial charge is 0.379 e. The lowest BCUT2D eigenvalue weighted by molar-refractivity contribution is -0.121. The second-order valence-electron chi connectivity index (χ2n) is 8.65. The van der Waals surface area contributed by atoms with Crippen LogP contribution in [-0.2, 0) is 9.53 Å². The predicted octanol–water partition coefficient (Wildman–Crippen LogP) is 0.942. The topological polar surface area (TPSA) is 90.9 Å². The Labute approximate surface area is 191 Å². The highest BCUT2D eigenvalue weighted by molar-refractivity contribution is 5.92. The summed E-state index contributed by atoms with van der Waals surface area (Å²) in [7, 11) is 0. The van der Waals surface area contributed by atoms with Crippen LogP contribution >= 0.6 is 0 Å². The van der Waals surface area contributed by atoms with Crippen LogP contribution in [-0.4, -0.2) is 109 Å². The molecule has 1 N–H and O–H groups in total. The third-order valence-electron chi connectivity index (χ3n) is 6.10. The number of rotatable bonds is 11. The molecule has 0 spiro atoms. The molecule has 0 aliphatic carbocycles. The zero-order valence-electron chi connectivity index (χ0n) is 19.4. The number of carbonyl (C=O) groups is 2. The molecule has 32 heavy (non-hydrogen) atoms. The van der Waals surface area contributed by atoms with Crippen LogP contribution in [0.1, 0.15) is 48.3 Å². The molecule has 9 heteroatoms. The number of piperidine rings is 1. The summed E-state index contributed by atoms with van der Waals surface area (Å²) < 4.78 is 5.40. The standard InChI is InChI=1S/C23H38N6O3/c1-20-18-26-21(19-25-20)23(31)29(11-5-10-28-14-16-32-17-15-28)12-6-22(30)24-7-13-27-8-3-2-4-9-27/h18-19H,2-17H2,1H3,(H,24,30). The summed E-state index contributed by atoms with van der Waals surface area (Å²) in [5, 5.41) is 3.01. The number of aromatic nitrogens is 2. The molecule has 0 saturated carbocycles. The summed E-state index contributed by atoms with van der Waals surface area (Å²) in [4.78, 5) is 40.4. The molecule has 178 valence electrons. The molecule has 9 nitrogen and oxygen atoms in total. The van der Waals surface area contributed by atoms with Crippen molar-refractivity contribution in [2.45, 2.75) is 39.0 Å². The number of ether oxygens (including phenoxy) is 1. The highest BCUT2D eigenvalue weighted by Gasteiger charge is 2.19. The van der Waals surface area contributed by atoms with Gasteiger partial charge >= 0.3 is 0 Å². The van der Waals surface area contributed by atoms with E-state index in [1.807, 2.05) is 6.92 Å². The minimum Gasteiger partial charge on any atom is -0.379 e. The van der Waals surface area contributed by atoms with Crippen molar-refractivity contribution < 1.29 is 14.3 Å². The Hall–Kier alpha value is -2.10. The minimum atomic E-state index is -0.166. The van der Waals surface area contributed by atoms with Crippen molar-refractivity contribution in [3.63, 3.8) is 0 Å². The first kappa shape index (κ1) is 24.5. The molecule has 0 radical (unpaired) electrons. The smallest absolute Gasteiger partial charge is 0.274 e. The monoisotopic (exact) mass is 446 g/mol. The van der Waals surface area contributed by atoms with Crippen LogP contribution in [0.3, 0.4) is 0 Å². The lowest BCUT2D eigenvalue weighted by Gasteiger charge is -2.28. The number of hydrogen-bond acceptors (Lipinski definition) is 7. The number of nitrogens with zero attached hydrogens (tertiary/aromatic N) is 5. The fourth-order valence-electron chi connectivity index (χ4n) is 4.15. The van der Waals surface area contributed by atoms with Crippen LogP contribution in [0.15, 0.2) is 12.4 Å². The molecule has 2 fully saturated rings. The third-order valence-corrected chi connectivity index (χ3v) is 6.10. The lowest BCUT2D eigenvalue weighted by Crippen LogP contribution is -2.41. The molecule has 0 aromatic carbocycles. The first-order valence-corrected chi connectivity index (χ1v) is 12.0. The van der Waals surface area contributed by atoms with E-state index in [9.17, 15) is 9.59 Å². The summed E-state index contributed by atoms with van der Waals surface area (Å²) >= 11 is 0. The molecule has 1 aromatic rings. The highest BCUT2D eigenvalue weighted by Crippen LogP contribution is 2.08. The van der Waals surface area contributed by atoms with Gasteiger partial charge in [-0.3, -0.25) is 19.5 Å². The summed E-state index contributed by atoms with van der Waals surface area (Å²) in [6.07, 6.45) is 8.07. The molecule has 3 heterocycles. The van der Waals surface area contributed by atoms with E-state index in [-0.39, 0.29) is 11.8 Å². The SMILES string of the molecule is Cc1cnc(C(=O)N(CCCN2CCOCC2)CCC(=O)NCCN2CCCCC2)cn1. The molecular formula is C23H38N6O3. The fraction of sp³-hybridized carbons (Fsp3) is 0.739. The van der Waals surface area contributed by atoms with Crippen molar-refractivity contribution in [2.75, 3.05) is 72.1 Å². The molecule has 1 aromatic heterocycles. The van der Waals surface area contributed by atoms with Gasteiger partial charge in [-0.2, -0.15) is 0 Å². The van der Waals surface area contributed by atoms with Crippen LogP contribution in [0.5, 0.6) is 0 Å². The molecule has 0 bridgehead atoms. The minimum absolute atomic E-state index is 0.0111. The van der Waals surface area contributed by atoms with Crippen LogP contribution in [0.4, 0.5) is 0 Å². The first-order chi connectivity index (χ1) is 15.6. The summed E-state index contributed by atoms with van der Waals surface area (Å²) in [6.45, 7) is 10.9. The zero-order chi connectivity index (χ0) is 22.6. The molecule has 0 atom stereocenters. The average molecular weight is 447 g/mol. The maximum Gasteiger partial charge on any atom is 0.274 e. The molecule has 2 aliphatic heterocycles. The Kier molecular flexibility index (Phi) is 10.3. The fourth-order valence-corrected chi connectivity index (χ4v) is 4.15. The second-order valence-corrected chi connectivity index (χ2v) is 8.65. The number of hydrogen-bond donors (Lipinski definition) is 1. The zero-order valence-corrected chi connectivity index (χ0v) is 19.4. The van der Waals surface area contributed by atoms with Gasteiger partial charge in [-0.25, -0.2) is 4.98 Å². The van der Waals surface area contributed by atoms with Gasteiger partial charge in [0.2, 0.25) is 5.91 Å². The number of likely N-dealkylation sites (tertiary alicyclic amines) is 1. The van der Waals surface area contributed by atoms with E-state index in [4.69, 9.17) is 4.74 Å². The number of amides is 2. The van der Waals surface area contributed by atoms with E-state index in [1.165, 1.54) is 25.5 Å². The Balaban J connectivity index is 1.45. The molecular weight excluding hydrogens is 408 g/mol. The van der Waals surface area contributed by atoms with Crippen LogP contribution in [0.2, 0.25) is 0 Å². The number of carbonyl (C=O) groups excluding carboxylic acids is 2. The summed E-state index contributed by atoms with van der Waals surface area (Å²) in [5.41, 5.74) is 1.10. The van der Waals surface area contributed by atoms with Gasteiger partial charge in [0.1, 0.15) is 5.69 Å². The number of nitrogens with one attached hydrogen (secondary N) is 1. The van der Waals surface area contributed by atoms with Gasteiger partial charge in [0, 0.05) is 58.4 Å². The van der Waals surface area contributed by atoms with Crippen molar-refractivity contribution in [1.82, 2.24) is 30.0 Å². The third kappa shape index (κ3) is 8.44. The maximum absolute atomic E-state index is 13.0. The lowest BCUT2D eigenvalue weighted by atomic mass is 10.1.